The van der Waals surface area contributed by atoms with E-state index in [1.165, 1.54) is 22.8 Å². The summed E-state index contributed by atoms with van der Waals surface area (Å²) in [5.74, 6) is 1.16. The highest BCUT2D eigenvalue weighted by molar-refractivity contribution is 5.83. The zero-order chi connectivity index (χ0) is 26.1. The molecule has 3 aliphatic heterocycles. The van der Waals surface area contributed by atoms with Crippen LogP contribution in [0.15, 0.2) is 52.4 Å². The molecule has 0 saturated heterocycles. The molecule has 7 nitrogen and oxygen atoms in total. The number of benzene rings is 1. The summed E-state index contributed by atoms with van der Waals surface area (Å²) in [5, 5.41) is 3.67. The maximum atomic E-state index is 14.9. The van der Waals surface area contributed by atoms with Crippen LogP contribution in [-0.4, -0.2) is 24.6 Å². The second-order valence-corrected chi connectivity index (χ2v) is 9.95. The van der Waals surface area contributed by atoms with Crippen LogP contribution >= 0.6 is 0 Å². The van der Waals surface area contributed by atoms with Gasteiger partial charge in [-0.25, -0.2) is 23.1 Å². The average Bonchev–Trinajstić information content (AvgIpc) is 3.49. The van der Waals surface area contributed by atoms with Gasteiger partial charge in [-0.3, -0.25) is 9.79 Å². The fourth-order valence-corrected chi connectivity index (χ4v) is 5.05. The maximum Gasteiger partial charge on any atom is 0.266 e. The van der Waals surface area contributed by atoms with Crippen LogP contribution < -0.4 is 16.4 Å². The molecule has 1 aromatic carbocycles. The monoisotopic (exact) mass is 506 g/mol. The molecule has 37 heavy (non-hydrogen) atoms. The van der Waals surface area contributed by atoms with Gasteiger partial charge in [0, 0.05) is 42.5 Å². The van der Waals surface area contributed by atoms with Crippen LogP contribution in [0.4, 0.5) is 19.0 Å². The second kappa shape index (κ2) is 8.29. The molecule has 2 aromatic rings. The van der Waals surface area contributed by atoms with E-state index in [4.69, 9.17) is 9.98 Å². The minimum atomic E-state index is -2.92. The lowest BCUT2D eigenvalue weighted by Crippen LogP contribution is -2.22. The Morgan fingerprint density at radius 1 is 1.11 bits per heavy atom. The van der Waals surface area contributed by atoms with Crippen molar-refractivity contribution >= 4 is 5.82 Å². The van der Waals surface area contributed by atoms with E-state index in [0.29, 0.717) is 22.7 Å². The van der Waals surface area contributed by atoms with Gasteiger partial charge in [-0.05, 0) is 38.8 Å². The van der Waals surface area contributed by atoms with E-state index in [0.717, 1.165) is 42.4 Å². The van der Waals surface area contributed by atoms with Crippen molar-refractivity contribution in [2.24, 2.45) is 12.0 Å². The summed E-state index contributed by atoms with van der Waals surface area (Å²) in [6.45, 7) is 4.16. The molecule has 4 heterocycles. The number of nitrogens with one attached hydrogen (secondary N) is 1. The molecule has 0 bridgehead atoms. The third-order valence-corrected chi connectivity index (χ3v) is 7.24. The van der Waals surface area contributed by atoms with Gasteiger partial charge in [-0.2, -0.15) is 0 Å². The number of nitrogens with zero attached hydrogens (tertiary/aromatic N) is 5. The van der Waals surface area contributed by atoms with Crippen LogP contribution in [-0.2, 0) is 13.6 Å². The minimum Gasteiger partial charge on any atom is -0.364 e. The number of aryl methyl sites for hydroxylation is 2. The van der Waals surface area contributed by atoms with Crippen molar-refractivity contribution in [1.29, 1.82) is 0 Å². The molecular formula is C27H25F3N6O. The number of alkyl halides is 2. The first kappa shape index (κ1) is 23.4. The Labute approximate surface area is 210 Å². The molecule has 4 aliphatic rings. The molecule has 10 heteroatoms. The highest BCUT2D eigenvalue weighted by Gasteiger charge is 2.49. The Balaban J connectivity index is 1.58. The zero-order valence-electron chi connectivity index (χ0n) is 20.6. The van der Waals surface area contributed by atoms with Crippen molar-refractivity contribution in [3.8, 4) is 22.5 Å². The number of fused-ring (bicyclic) bond motifs is 3. The summed E-state index contributed by atoms with van der Waals surface area (Å²) in [4.78, 5) is 26.0. The molecule has 1 N–H and O–H groups in total. The van der Waals surface area contributed by atoms with Gasteiger partial charge >= 0.3 is 0 Å². The summed E-state index contributed by atoms with van der Waals surface area (Å²) >= 11 is 0. The average molecular weight is 507 g/mol. The summed E-state index contributed by atoms with van der Waals surface area (Å²) < 4.78 is 45.1. The third-order valence-electron chi connectivity index (χ3n) is 7.24. The molecule has 1 saturated carbocycles. The van der Waals surface area contributed by atoms with E-state index in [1.54, 1.807) is 33.2 Å². The Morgan fingerprint density at radius 3 is 2.57 bits per heavy atom. The van der Waals surface area contributed by atoms with Crippen LogP contribution in [0.2, 0.25) is 0 Å². The van der Waals surface area contributed by atoms with Crippen LogP contribution in [0, 0.1) is 12.7 Å². The number of pyridine rings is 2. The third kappa shape index (κ3) is 3.91. The van der Waals surface area contributed by atoms with Crippen molar-refractivity contribution in [3.63, 3.8) is 0 Å². The SMILES string of the molecule is Cc1nc2n3c(c(-c4ccc(=O)n(C)c4)cc-2c(=N[C@H](C)c2cccc(C(F)F)c2F)n1)NC1(CC1)C3. The summed E-state index contributed by atoms with van der Waals surface area (Å²) in [6.07, 6.45) is 0.950. The second-order valence-electron chi connectivity index (χ2n) is 9.95. The van der Waals surface area contributed by atoms with Gasteiger partial charge in [0.25, 0.3) is 6.43 Å². The van der Waals surface area contributed by atoms with Gasteiger partial charge in [-0.1, -0.05) is 18.2 Å². The number of rotatable bonds is 4. The molecule has 0 radical (unpaired) electrons. The minimum absolute atomic E-state index is 0.0149. The molecular weight excluding hydrogens is 481 g/mol. The molecule has 1 fully saturated rings. The first-order chi connectivity index (χ1) is 17.7. The first-order valence-corrected chi connectivity index (χ1v) is 12.1. The van der Waals surface area contributed by atoms with Crippen molar-refractivity contribution in [2.75, 3.05) is 5.32 Å². The highest BCUT2D eigenvalue weighted by Crippen LogP contribution is 2.49. The highest BCUT2D eigenvalue weighted by atomic mass is 19.3. The van der Waals surface area contributed by atoms with E-state index >= 15 is 0 Å². The predicted molar refractivity (Wildman–Crippen MR) is 133 cm³/mol. The summed E-state index contributed by atoms with van der Waals surface area (Å²) in [7, 11) is 1.70. The van der Waals surface area contributed by atoms with E-state index < -0.39 is 23.8 Å². The number of aromatic nitrogens is 4. The van der Waals surface area contributed by atoms with Gasteiger partial charge in [-0.15, -0.1) is 0 Å². The van der Waals surface area contributed by atoms with E-state index in [9.17, 15) is 18.0 Å². The molecule has 0 unspecified atom stereocenters. The van der Waals surface area contributed by atoms with E-state index in [-0.39, 0.29) is 16.7 Å². The van der Waals surface area contributed by atoms with E-state index in [2.05, 4.69) is 14.9 Å². The Hall–Kier alpha value is -3.95. The Bertz CT molecular complexity index is 1650. The van der Waals surface area contributed by atoms with Crippen LogP contribution in [0.25, 0.3) is 22.5 Å². The zero-order valence-corrected chi connectivity index (χ0v) is 20.6. The van der Waals surface area contributed by atoms with Gasteiger partial charge < -0.3 is 14.5 Å². The molecule has 1 aliphatic carbocycles. The molecule has 6 rings (SSSR count). The molecule has 1 atom stereocenters. The Kier molecular flexibility index (Phi) is 5.25. The fourth-order valence-electron chi connectivity index (χ4n) is 5.05. The lowest BCUT2D eigenvalue weighted by atomic mass is 10.0. The van der Waals surface area contributed by atoms with Gasteiger partial charge in [0.05, 0.1) is 22.7 Å². The quantitative estimate of drug-likeness (QED) is 0.433. The summed E-state index contributed by atoms with van der Waals surface area (Å²) in [5.41, 5.74) is 2.03. The molecule has 0 amide bonds. The number of anilines is 1. The first-order valence-electron chi connectivity index (χ1n) is 12.1. The normalized spacial score (nSPS) is 16.9. The maximum absolute atomic E-state index is 14.9. The lowest BCUT2D eigenvalue weighted by Gasteiger charge is -2.18. The fraction of sp³-hybridized carbons (Fsp3) is 0.333. The van der Waals surface area contributed by atoms with Crippen LogP contribution in [0.5, 0.6) is 0 Å². The molecule has 190 valence electrons. The lowest BCUT2D eigenvalue weighted by molar-refractivity contribution is 0.146. The van der Waals surface area contributed by atoms with Crippen LogP contribution in [0.1, 0.15) is 49.2 Å². The number of halogens is 3. The largest absolute Gasteiger partial charge is 0.364 e. The van der Waals surface area contributed by atoms with Crippen molar-refractivity contribution in [3.05, 3.63) is 81.2 Å². The molecule has 1 spiro atoms. The predicted octanol–water partition coefficient (Wildman–Crippen LogP) is 4.75. The van der Waals surface area contributed by atoms with Crippen LogP contribution in [0.3, 0.4) is 0 Å². The van der Waals surface area contributed by atoms with Crippen molar-refractivity contribution in [2.45, 2.75) is 51.2 Å². The smallest absolute Gasteiger partial charge is 0.266 e. The topological polar surface area (TPSA) is 77.1 Å². The number of hydrogen-bond donors (Lipinski definition) is 1. The van der Waals surface area contributed by atoms with Gasteiger partial charge in [0.1, 0.15) is 23.3 Å². The number of hydrogen-bond acceptors (Lipinski definition) is 5. The van der Waals surface area contributed by atoms with Gasteiger partial charge in [0.15, 0.2) is 5.49 Å². The summed E-state index contributed by atoms with van der Waals surface area (Å²) in [6, 6.07) is 8.45. The van der Waals surface area contributed by atoms with Crippen molar-refractivity contribution < 1.29 is 13.2 Å². The van der Waals surface area contributed by atoms with Gasteiger partial charge in [0.2, 0.25) is 5.56 Å². The standard InChI is InChI=1S/C27H25F3N6O/c1-14(17-5-4-6-18(22(17)28)23(29)30)31-24-20-11-19(16-7-8-21(37)35(3)12-16)26-34-27(9-10-27)13-36(26)25(20)33-15(2)32-24/h4-8,11-12,14,23,34H,9-10,13H2,1-3H3/t14-/m1/s1. The van der Waals surface area contributed by atoms with E-state index in [1.807, 2.05) is 6.07 Å². The molecule has 1 aromatic heterocycles. The van der Waals surface area contributed by atoms with Crippen molar-refractivity contribution in [1.82, 2.24) is 19.1 Å². The Morgan fingerprint density at radius 2 is 1.86 bits per heavy atom.